The molecule has 0 aliphatic rings. The van der Waals surface area contributed by atoms with Crippen LogP contribution in [0.1, 0.15) is 5.56 Å². The Balaban J connectivity index is 2.50. The number of hydrogen-bond acceptors (Lipinski definition) is 1. The SMILES string of the molecule is NC(=O)/C=C\c1c[nH]c2cc(F)ccc12. The Bertz CT molecular complexity index is 543. The van der Waals surface area contributed by atoms with Crippen LogP contribution < -0.4 is 5.73 Å². The van der Waals surface area contributed by atoms with Gasteiger partial charge in [-0.05, 0) is 29.8 Å². The lowest BCUT2D eigenvalue weighted by molar-refractivity contribution is -0.113. The van der Waals surface area contributed by atoms with Crippen molar-refractivity contribution >= 4 is 22.9 Å². The van der Waals surface area contributed by atoms with Gasteiger partial charge in [0, 0.05) is 23.2 Å². The lowest BCUT2D eigenvalue weighted by atomic mass is 10.1. The number of carbonyl (C=O) groups excluding carboxylic acids is 1. The molecule has 0 saturated carbocycles. The number of fused-ring (bicyclic) bond motifs is 1. The van der Waals surface area contributed by atoms with Crippen molar-refractivity contribution in [3.8, 4) is 0 Å². The number of aromatic amines is 1. The Kier molecular flexibility index (Phi) is 2.25. The van der Waals surface area contributed by atoms with Gasteiger partial charge in [-0.1, -0.05) is 0 Å². The van der Waals surface area contributed by atoms with Gasteiger partial charge >= 0.3 is 0 Å². The third-order valence-corrected chi connectivity index (χ3v) is 2.10. The molecule has 0 saturated heterocycles. The van der Waals surface area contributed by atoms with Gasteiger partial charge in [-0.2, -0.15) is 0 Å². The summed E-state index contributed by atoms with van der Waals surface area (Å²) >= 11 is 0. The minimum atomic E-state index is -0.508. The van der Waals surface area contributed by atoms with E-state index in [4.69, 9.17) is 5.73 Å². The Morgan fingerprint density at radius 3 is 3.00 bits per heavy atom. The van der Waals surface area contributed by atoms with Crippen LogP contribution in [0.5, 0.6) is 0 Å². The van der Waals surface area contributed by atoms with E-state index in [-0.39, 0.29) is 5.82 Å². The van der Waals surface area contributed by atoms with Gasteiger partial charge < -0.3 is 10.7 Å². The van der Waals surface area contributed by atoms with Crippen LogP contribution >= 0.6 is 0 Å². The summed E-state index contributed by atoms with van der Waals surface area (Å²) in [5.74, 6) is -0.804. The number of hydrogen-bond donors (Lipinski definition) is 2. The molecular weight excluding hydrogens is 195 g/mol. The predicted octanol–water partition coefficient (Wildman–Crippen LogP) is 1.81. The van der Waals surface area contributed by atoms with E-state index in [0.717, 1.165) is 10.9 Å². The average molecular weight is 204 g/mol. The Labute approximate surface area is 85.4 Å². The third kappa shape index (κ3) is 1.88. The largest absolute Gasteiger partial charge is 0.366 e. The van der Waals surface area contributed by atoms with Gasteiger partial charge in [0.15, 0.2) is 0 Å². The van der Waals surface area contributed by atoms with Gasteiger partial charge in [-0.3, -0.25) is 4.79 Å². The molecule has 1 amide bonds. The molecule has 1 heterocycles. The quantitative estimate of drug-likeness (QED) is 0.720. The number of primary amides is 1. The molecule has 3 nitrogen and oxygen atoms in total. The van der Waals surface area contributed by atoms with E-state index in [1.54, 1.807) is 18.3 Å². The summed E-state index contributed by atoms with van der Waals surface area (Å²) in [7, 11) is 0. The second-order valence-corrected chi connectivity index (χ2v) is 3.17. The Morgan fingerprint density at radius 1 is 1.47 bits per heavy atom. The number of rotatable bonds is 2. The van der Waals surface area contributed by atoms with E-state index in [9.17, 15) is 9.18 Å². The number of halogens is 1. The molecule has 2 aromatic rings. The normalized spacial score (nSPS) is 11.3. The maximum absolute atomic E-state index is 12.8. The van der Waals surface area contributed by atoms with Crippen molar-refractivity contribution in [2.45, 2.75) is 0 Å². The molecule has 1 aromatic carbocycles. The molecule has 0 fully saturated rings. The molecule has 76 valence electrons. The highest BCUT2D eigenvalue weighted by Gasteiger charge is 2.01. The first-order chi connectivity index (χ1) is 7.16. The maximum Gasteiger partial charge on any atom is 0.241 e. The molecule has 0 radical (unpaired) electrons. The first-order valence-corrected chi connectivity index (χ1v) is 4.41. The number of nitrogens with one attached hydrogen (secondary N) is 1. The Hall–Kier alpha value is -2.10. The van der Waals surface area contributed by atoms with Crippen molar-refractivity contribution in [2.24, 2.45) is 5.73 Å². The molecule has 0 atom stereocenters. The van der Waals surface area contributed by atoms with Gasteiger partial charge in [0.25, 0.3) is 0 Å². The molecule has 3 N–H and O–H groups in total. The van der Waals surface area contributed by atoms with Crippen LogP contribution in [0.15, 0.2) is 30.5 Å². The summed E-state index contributed by atoms with van der Waals surface area (Å²) < 4.78 is 12.8. The number of benzene rings is 1. The summed E-state index contributed by atoms with van der Waals surface area (Å²) in [6, 6.07) is 4.43. The van der Waals surface area contributed by atoms with Crippen molar-refractivity contribution in [2.75, 3.05) is 0 Å². The van der Waals surface area contributed by atoms with Crippen LogP contribution in [0.25, 0.3) is 17.0 Å². The fourth-order valence-corrected chi connectivity index (χ4v) is 1.43. The smallest absolute Gasteiger partial charge is 0.241 e. The minimum Gasteiger partial charge on any atom is -0.366 e. The van der Waals surface area contributed by atoms with Gasteiger partial charge in [-0.25, -0.2) is 4.39 Å². The van der Waals surface area contributed by atoms with Crippen molar-refractivity contribution in [1.82, 2.24) is 4.98 Å². The zero-order valence-electron chi connectivity index (χ0n) is 7.83. The van der Waals surface area contributed by atoms with Gasteiger partial charge in [0.2, 0.25) is 5.91 Å². The zero-order chi connectivity index (χ0) is 10.8. The number of aromatic nitrogens is 1. The van der Waals surface area contributed by atoms with Crippen LogP contribution in [-0.4, -0.2) is 10.9 Å². The summed E-state index contributed by atoms with van der Waals surface area (Å²) in [6.07, 6.45) is 4.56. The lowest BCUT2D eigenvalue weighted by Gasteiger charge is -1.91. The fraction of sp³-hybridized carbons (Fsp3) is 0. The molecule has 0 spiro atoms. The highest BCUT2D eigenvalue weighted by Crippen LogP contribution is 2.20. The van der Waals surface area contributed by atoms with Crippen molar-refractivity contribution in [1.29, 1.82) is 0 Å². The second-order valence-electron chi connectivity index (χ2n) is 3.17. The summed E-state index contributed by atoms with van der Waals surface area (Å²) in [5.41, 5.74) is 6.48. The number of nitrogens with two attached hydrogens (primary N) is 1. The van der Waals surface area contributed by atoms with Gasteiger partial charge in [0.05, 0.1) is 0 Å². The molecule has 15 heavy (non-hydrogen) atoms. The highest BCUT2D eigenvalue weighted by atomic mass is 19.1. The van der Waals surface area contributed by atoms with E-state index >= 15 is 0 Å². The molecule has 0 aliphatic heterocycles. The predicted molar refractivity (Wildman–Crippen MR) is 56.5 cm³/mol. The molecule has 0 unspecified atom stereocenters. The molecular formula is C11H9FN2O. The van der Waals surface area contributed by atoms with E-state index in [1.165, 1.54) is 18.2 Å². The molecule has 0 aliphatic carbocycles. The molecule has 1 aromatic heterocycles. The van der Waals surface area contributed by atoms with Crippen LogP contribution in [0.4, 0.5) is 4.39 Å². The third-order valence-electron chi connectivity index (χ3n) is 2.10. The zero-order valence-corrected chi connectivity index (χ0v) is 7.83. The van der Waals surface area contributed by atoms with Crippen LogP contribution in [0.3, 0.4) is 0 Å². The molecule has 4 heteroatoms. The molecule has 2 rings (SSSR count). The van der Waals surface area contributed by atoms with E-state index in [1.807, 2.05) is 0 Å². The van der Waals surface area contributed by atoms with E-state index < -0.39 is 5.91 Å². The first kappa shape index (κ1) is 9.45. The van der Waals surface area contributed by atoms with E-state index in [0.29, 0.717) is 5.52 Å². The number of H-pyrrole nitrogens is 1. The minimum absolute atomic E-state index is 0.296. The topological polar surface area (TPSA) is 58.9 Å². The fourth-order valence-electron chi connectivity index (χ4n) is 1.43. The summed E-state index contributed by atoms with van der Waals surface area (Å²) in [5, 5.41) is 0.855. The van der Waals surface area contributed by atoms with E-state index in [2.05, 4.69) is 4.98 Å². The Morgan fingerprint density at radius 2 is 2.27 bits per heavy atom. The number of carbonyl (C=O) groups is 1. The molecule has 0 bridgehead atoms. The summed E-state index contributed by atoms with van der Waals surface area (Å²) in [4.78, 5) is 13.5. The summed E-state index contributed by atoms with van der Waals surface area (Å²) in [6.45, 7) is 0. The lowest BCUT2D eigenvalue weighted by Crippen LogP contribution is -2.04. The van der Waals surface area contributed by atoms with Crippen molar-refractivity contribution < 1.29 is 9.18 Å². The second kappa shape index (κ2) is 3.57. The highest BCUT2D eigenvalue weighted by molar-refractivity contribution is 5.95. The maximum atomic E-state index is 12.8. The average Bonchev–Trinajstić information content (AvgIpc) is 2.57. The van der Waals surface area contributed by atoms with Crippen LogP contribution in [0.2, 0.25) is 0 Å². The first-order valence-electron chi connectivity index (χ1n) is 4.41. The van der Waals surface area contributed by atoms with Gasteiger partial charge in [-0.15, -0.1) is 0 Å². The monoisotopic (exact) mass is 204 g/mol. The van der Waals surface area contributed by atoms with Gasteiger partial charge in [0.1, 0.15) is 5.82 Å². The van der Waals surface area contributed by atoms with Crippen molar-refractivity contribution in [3.05, 3.63) is 41.9 Å². The van der Waals surface area contributed by atoms with Crippen molar-refractivity contribution in [3.63, 3.8) is 0 Å². The van der Waals surface area contributed by atoms with Crippen LogP contribution in [-0.2, 0) is 4.79 Å². The standard InChI is InChI=1S/C11H9FN2O/c12-8-2-3-9-7(1-4-11(13)15)6-14-10(9)5-8/h1-6,14H,(H2,13,15)/b4-1-. The number of amides is 1. The van der Waals surface area contributed by atoms with Crippen LogP contribution in [0, 0.1) is 5.82 Å².